The number of anilines is 1. The van der Waals surface area contributed by atoms with Crippen LogP contribution in [0.4, 0.5) is 6.01 Å². The molecule has 1 N–H and O–H groups in total. The third-order valence-corrected chi connectivity index (χ3v) is 5.08. The highest BCUT2D eigenvalue weighted by atomic mass is 35.5. The van der Waals surface area contributed by atoms with Crippen molar-refractivity contribution in [3.63, 3.8) is 0 Å². The van der Waals surface area contributed by atoms with Gasteiger partial charge in [0.15, 0.2) is 0 Å². The molecule has 0 aliphatic rings. The smallest absolute Gasteiger partial charge is 0.322 e. The third kappa shape index (κ3) is 3.69. The van der Waals surface area contributed by atoms with Crippen LogP contribution in [-0.2, 0) is 0 Å². The maximum absolute atomic E-state index is 12.2. The van der Waals surface area contributed by atoms with E-state index in [0.717, 1.165) is 4.90 Å². The van der Waals surface area contributed by atoms with Gasteiger partial charge in [0.1, 0.15) is 4.34 Å². The molecule has 1 amide bonds. The van der Waals surface area contributed by atoms with Gasteiger partial charge in [0.05, 0.1) is 9.90 Å². The van der Waals surface area contributed by atoms with Crippen molar-refractivity contribution in [1.82, 2.24) is 10.2 Å². The van der Waals surface area contributed by atoms with Gasteiger partial charge in [0.25, 0.3) is 11.8 Å². The lowest BCUT2D eigenvalue weighted by Gasteiger charge is -2.02. The van der Waals surface area contributed by atoms with Crippen LogP contribution in [0.5, 0.6) is 0 Å². The first-order valence-electron chi connectivity index (χ1n) is 6.31. The average Bonchev–Trinajstić information content (AvgIpc) is 3.13. The highest BCUT2D eigenvalue weighted by Crippen LogP contribution is 2.37. The molecule has 0 aliphatic carbocycles. The van der Waals surface area contributed by atoms with E-state index in [2.05, 4.69) is 15.5 Å². The Bertz CT molecular complexity index is 863. The number of carbonyl (C=O) groups excluding carboxylic acids is 1. The van der Waals surface area contributed by atoms with Gasteiger partial charge < -0.3 is 4.42 Å². The molecule has 3 rings (SSSR count). The Morgan fingerprint density at radius 3 is 2.83 bits per heavy atom. The fourth-order valence-electron chi connectivity index (χ4n) is 1.80. The molecule has 2 heterocycles. The first-order chi connectivity index (χ1) is 11.1. The number of benzene rings is 1. The van der Waals surface area contributed by atoms with Crippen LogP contribution in [0.3, 0.4) is 0 Å². The van der Waals surface area contributed by atoms with Crippen molar-refractivity contribution in [3.8, 4) is 11.5 Å². The zero-order valence-electron chi connectivity index (χ0n) is 11.7. The quantitative estimate of drug-likeness (QED) is 0.634. The minimum absolute atomic E-state index is 0.00190. The Morgan fingerprint density at radius 2 is 2.13 bits per heavy atom. The topological polar surface area (TPSA) is 68.0 Å². The first-order valence-corrected chi connectivity index (χ1v) is 9.10. The summed E-state index contributed by atoms with van der Waals surface area (Å²) in [7, 11) is 0. The lowest BCUT2D eigenvalue weighted by Crippen LogP contribution is -2.12. The number of hydrogen-bond acceptors (Lipinski definition) is 6. The molecule has 0 saturated carbocycles. The number of thiophene rings is 1. The summed E-state index contributed by atoms with van der Waals surface area (Å²) in [6.07, 6.45) is 1.94. The number of halogens is 2. The van der Waals surface area contributed by atoms with Crippen LogP contribution in [0.15, 0.2) is 39.6 Å². The minimum Gasteiger partial charge on any atom is -0.403 e. The molecular formula is C14H9Cl2N3O2S2. The number of amides is 1. The molecule has 3 aromatic rings. The van der Waals surface area contributed by atoms with E-state index in [1.54, 1.807) is 30.0 Å². The molecule has 0 radical (unpaired) electrons. The maximum atomic E-state index is 12.2. The van der Waals surface area contributed by atoms with Crippen molar-refractivity contribution in [3.05, 3.63) is 44.6 Å². The molecule has 0 fully saturated rings. The monoisotopic (exact) mass is 385 g/mol. The fourth-order valence-corrected chi connectivity index (χ4v) is 3.71. The number of thioether (sulfide) groups is 1. The third-order valence-electron chi connectivity index (χ3n) is 2.86. The standard InChI is InChI=1S/C14H9Cl2N3O2S2/c1-22-8-4-2-3-7(5-8)12(20)17-14-19-18-13(21-14)9-6-10(15)23-11(9)16/h2-6H,1H3,(H,17,19,20). The lowest BCUT2D eigenvalue weighted by atomic mass is 10.2. The number of rotatable bonds is 4. The highest BCUT2D eigenvalue weighted by Gasteiger charge is 2.17. The summed E-state index contributed by atoms with van der Waals surface area (Å²) in [6, 6.07) is 8.87. The summed E-state index contributed by atoms with van der Waals surface area (Å²) in [6.45, 7) is 0. The molecule has 1 aromatic carbocycles. The van der Waals surface area contributed by atoms with Crippen molar-refractivity contribution in [1.29, 1.82) is 0 Å². The number of hydrogen-bond donors (Lipinski definition) is 1. The van der Waals surface area contributed by atoms with E-state index in [1.165, 1.54) is 11.3 Å². The number of nitrogens with one attached hydrogen (secondary N) is 1. The van der Waals surface area contributed by atoms with Crippen molar-refractivity contribution in [2.75, 3.05) is 11.6 Å². The van der Waals surface area contributed by atoms with Crippen LogP contribution in [0.1, 0.15) is 10.4 Å². The number of nitrogens with zero attached hydrogens (tertiary/aromatic N) is 2. The van der Waals surface area contributed by atoms with E-state index >= 15 is 0 Å². The van der Waals surface area contributed by atoms with Gasteiger partial charge >= 0.3 is 6.01 Å². The number of carbonyl (C=O) groups is 1. The SMILES string of the molecule is CSc1cccc(C(=O)Nc2nnc(-c3cc(Cl)sc3Cl)o2)c1. The molecular weight excluding hydrogens is 377 g/mol. The summed E-state index contributed by atoms with van der Waals surface area (Å²) in [4.78, 5) is 13.2. The molecule has 0 saturated heterocycles. The van der Waals surface area contributed by atoms with E-state index < -0.39 is 0 Å². The lowest BCUT2D eigenvalue weighted by molar-refractivity contribution is 0.102. The van der Waals surface area contributed by atoms with Gasteiger partial charge in [0, 0.05) is 10.5 Å². The van der Waals surface area contributed by atoms with Gasteiger partial charge in [-0.3, -0.25) is 10.1 Å². The highest BCUT2D eigenvalue weighted by molar-refractivity contribution is 7.98. The summed E-state index contributed by atoms with van der Waals surface area (Å²) in [5.41, 5.74) is 1.05. The van der Waals surface area contributed by atoms with Gasteiger partial charge in [-0.2, -0.15) is 0 Å². The molecule has 5 nitrogen and oxygen atoms in total. The molecule has 0 aliphatic heterocycles. The minimum atomic E-state index is -0.328. The second-order valence-electron chi connectivity index (χ2n) is 4.34. The molecule has 0 spiro atoms. The Kier molecular flexibility index (Phi) is 4.91. The van der Waals surface area contributed by atoms with Crippen LogP contribution >= 0.6 is 46.3 Å². The second-order valence-corrected chi connectivity index (χ2v) is 7.50. The van der Waals surface area contributed by atoms with Gasteiger partial charge in [-0.05, 0) is 30.5 Å². The Balaban J connectivity index is 1.78. The molecule has 23 heavy (non-hydrogen) atoms. The zero-order chi connectivity index (χ0) is 16.4. The molecule has 118 valence electrons. The predicted molar refractivity (Wildman–Crippen MR) is 93.8 cm³/mol. The summed E-state index contributed by atoms with van der Waals surface area (Å²) < 4.78 is 6.38. The maximum Gasteiger partial charge on any atom is 0.322 e. The van der Waals surface area contributed by atoms with Gasteiger partial charge in [-0.15, -0.1) is 28.2 Å². The van der Waals surface area contributed by atoms with E-state index in [-0.39, 0.29) is 17.8 Å². The average molecular weight is 386 g/mol. The normalized spacial score (nSPS) is 10.7. The van der Waals surface area contributed by atoms with Crippen molar-refractivity contribution < 1.29 is 9.21 Å². The Labute approximate surface area is 150 Å². The predicted octanol–water partition coefficient (Wildman–Crippen LogP) is 5.08. The molecule has 0 atom stereocenters. The van der Waals surface area contributed by atoms with Crippen LogP contribution in [0.25, 0.3) is 11.5 Å². The molecule has 9 heteroatoms. The van der Waals surface area contributed by atoms with Crippen molar-refractivity contribution in [2.45, 2.75) is 4.90 Å². The molecule has 0 unspecified atom stereocenters. The molecule has 2 aromatic heterocycles. The van der Waals surface area contributed by atoms with E-state index in [9.17, 15) is 4.79 Å². The van der Waals surface area contributed by atoms with Crippen LogP contribution < -0.4 is 5.32 Å². The van der Waals surface area contributed by atoms with E-state index in [1.807, 2.05) is 18.4 Å². The van der Waals surface area contributed by atoms with E-state index in [4.69, 9.17) is 27.6 Å². The second kappa shape index (κ2) is 6.92. The van der Waals surface area contributed by atoms with Crippen LogP contribution in [0.2, 0.25) is 8.67 Å². The number of aromatic nitrogens is 2. The van der Waals surface area contributed by atoms with E-state index in [0.29, 0.717) is 19.8 Å². The summed E-state index contributed by atoms with van der Waals surface area (Å²) >= 11 is 14.7. The van der Waals surface area contributed by atoms with Crippen LogP contribution in [0, 0.1) is 0 Å². The zero-order valence-corrected chi connectivity index (χ0v) is 14.8. The largest absolute Gasteiger partial charge is 0.403 e. The van der Waals surface area contributed by atoms with Crippen LogP contribution in [-0.4, -0.2) is 22.4 Å². The van der Waals surface area contributed by atoms with Crippen molar-refractivity contribution >= 4 is 58.2 Å². The molecule has 0 bridgehead atoms. The van der Waals surface area contributed by atoms with Gasteiger partial charge in [-0.1, -0.05) is 34.4 Å². The first kappa shape index (κ1) is 16.3. The Hall–Kier alpha value is -1.54. The van der Waals surface area contributed by atoms with Crippen molar-refractivity contribution in [2.24, 2.45) is 0 Å². The van der Waals surface area contributed by atoms with Gasteiger partial charge in [0.2, 0.25) is 0 Å². The fraction of sp³-hybridized carbons (Fsp3) is 0.0714. The van der Waals surface area contributed by atoms with Gasteiger partial charge in [-0.25, -0.2) is 0 Å². The summed E-state index contributed by atoms with van der Waals surface area (Å²) in [5, 5.41) is 10.2. The Morgan fingerprint density at radius 1 is 1.30 bits per heavy atom. The summed E-state index contributed by atoms with van der Waals surface area (Å²) in [5.74, 6) is -0.128.